The summed E-state index contributed by atoms with van der Waals surface area (Å²) in [5, 5.41) is 19.8. The minimum atomic E-state index is -2.04. The van der Waals surface area contributed by atoms with Crippen LogP contribution in [0.2, 0.25) is 0 Å². The van der Waals surface area contributed by atoms with Gasteiger partial charge in [0.05, 0.1) is 78.6 Å². The summed E-state index contributed by atoms with van der Waals surface area (Å²) in [6.45, 7) is 20.9. The standard InChI is InChI=1S/C16H14N2O4.C16H18N2O3.2C9H10BrNO2.C8H11NO2.C8H11NO.C5H7NO2.C3H6O.C2Cl4O2/c1-10-7-13-14(17-8-10)18(16(20)22-15(13)19)9-11-3-5-12(21-2)6-4-11;1-11-8-14(16(19)21-3)15(17-9-11)18-10-12-4-6-13(20-2)7-5-12;2*1-3-13-9(12)7-4-6(2)5-11-8(7)10;1-3-5-7(6-9)8(10)11-4-2;1-10-8-4-2-7(6-9)3-5-8;1-2-8-5(7)3-4-6;1-2-3-4;3-1(7)8-2(4,5)6/h3-8H,9H2,1-2H3;4-9H,10H2,1-3H3,(H,17,18);2*4-5H,3H2,1-2H3;5H,3-4H2,1-2H3;2-5H,6,9H2,1H3;2-3H2,1H3;3H,2H2,1H3;/b;;;;7-5+;;;;. The number of carbonyl (C=O) groups excluding carboxylic acids is 7. The molecule has 0 amide bonds. The van der Waals surface area contributed by atoms with Crippen molar-refractivity contribution in [2.45, 2.75) is 112 Å². The topological polar surface area (TPSA) is 392 Å². The van der Waals surface area contributed by atoms with Gasteiger partial charge in [0.2, 0.25) is 0 Å². The highest BCUT2D eigenvalue weighted by Crippen LogP contribution is 2.28. The van der Waals surface area contributed by atoms with Crippen LogP contribution in [0.3, 0.4) is 0 Å². The van der Waals surface area contributed by atoms with Crippen LogP contribution in [0.4, 0.5) is 10.6 Å². The normalized spacial score (nSPS) is 9.86. The lowest BCUT2D eigenvalue weighted by Crippen LogP contribution is -2.26. The van der Waals surface area contributed by atoms with Gasteiger partial charge in [0, 0.05) is 55.9 Å². The van der Waals surface area contributed by atoms with Gasteiger partial charge in [-0.25, -0.2) is 53.5 Å². The number of fused-ring (bicyclic) bond motifs is 1. The van der Waals surface area contributed by atoms with Gasteiger partial charge in [-0.3, -0.25) is 9.36 Å². The number of aryl methyl sites for hydroxylation is 4. The monoisotopic (exact) mass is 1730 g/mol. The van der Waals surface area contributed by atoms with E-state index in [0.717, 1.165) is 62.5 Å². The molecule has 0 aliphatic carbocycles. The molecule has 34 heteroatoms. The number of rotatable bonds is 20. The molecule has 8 aromatic rings. The smallest absolute Gasteiger partial charge is 0.423 e. The number of nitrogens with zero attached hydrogens (tertiary/aromatic N) is 7. The van der Waals surface area contributed by atoms with Crippen molar-refractivity contribution >= 4 is 137 Å². The van der Waals surface area contributed by atoms with Gasteiger partial charge in [-0.2, -0.15) is 10.5 Å². The van der Waals surface area contributed by atoms with Crippen molar-refractivity contribution in [1.82, 2.24) is 24.5 Å². The molecule has 3 N–H and O–H groups in total. The Morgan fingerprint density at radius 2 is 1.03 bits per heavy atom. The van der Waals surface area contributed by atoms with Crippen molar-refractivity contribution in [2.24, 2.45) is 5.73 Å². The van der Waals surface area contributed by atoms with Crippen molar-refractivity contribution in [1.29, 1.82) is 10.5 Å². The largest absolute Gasteiger partial charge is 0.497 e. The first-order valence-electron chi connectivity index (χ1n) is 32.9. The molecular formula is C76H87Br2Cl4N9O19. The molecule has 0 spiro atoms. The molecule has 0 atom stereocenters. The maximum atomic E-state index is 12.0. The third-order valence-electron chi connectivity index (χ3n) is 12.7. The van der Waals surface area contributed by atoms with Crippen LogP contribution in [0.15, 0.2) is 157 Å². The summed E-state index contributed by atoms with van der Waals surface area (Å²) in [6, 6.07) is 33.1. The van der Waals surface area contributed by atoms with E-state index in [4.69, 9.17) is 83.9 Å². The molecule has 0 fully saturated rings. The van der Waals surface area contributed by atoms with Crippen molar-refractivity contribution in [3.05, 3.63) is 219 Å². The number of ether oxygens (including phenoxy) is 9. The number of alkyl halides is 3. The Morgan fingerprint density at radius 1 is 0.600 bits per heavy atom. The minimum Gasteiger partial charge on any atom is -0.497 e. The summed E-state index contributed by atoms with van der Waals surface area (Å²) >= 11 is 25.8. The average molecular weight is 1730 g/mol. The number of carbonyl (C=O) groups is 7. The molecule has 0 aliphatic heterocycles. The van der Waals surface area contributed by atoms with Crippen molar-refractivity contribution in [3.63, 3.8) is 0 Å². The van der Waals surface area contributed by atoms with Gasteiger partial charge >= 0.3 is 50.6 Å². The van der Waals surface area contributed by atoms with Crippen LogP contribution < -0.4 is 36.6 Å². The Hall–Kier alpha value is -10.3. The molecule has 0 saturated carbocycles. The van der Waals surface area contributed by atoms with E-state index in [-0.39, 0.29) is 30.5 Å². The van der Waals surface area contributed by atoms with Gasteiger partial charge in [-0.05, 0) is 228 Å². The average Bonchev–Trinajstić information content (AvgIpc) is 0.783. The lowest BCUT2D eigenvalue weighted by Gasteiger charge is -2.11. The molecule has 0 radical (unpaired) electrons. The van der Waals surface area contributed by atoms with Gasteiger partial charge in [-0.1, -0.05) is 56.3 Å². The van der Waals surface area contributed by atoms with Crippen molar-refractivity contribution in [3.8, 4) is 29.4 Å². The van der Waals surface area contributed by atoms with Gasteiger partial charge < -0.3 is 62.9 Å². The molecule has 110 heavy (non-hydrogen) atoms. The maximum absolute atomic E-state index is 12.0. The Labute approximate surface area is 674 Å². The fourth-order valence-electron chi connectivity index (χ4n) is 7.69. The summed E-state index contributed by atoms with van der Waals surface area (Å²) in [6.07, 6.45) is 10.3. The van der Waals surface area contributed by atoms with E-state index in [9.17, 15) is 43.2 Å². The first kappa shape index (κ1) is 99.7. The molecule has 0 aliphatic rings. The fourth-order valence-corrected chi connectivity index (χ4v) is 8.89. The highest BCUT2D eigenvalue weighted by Gasteiger charge is 2.24. The van der Waals surface area contributed by atoms with Crippen molar-refractivity contribution in [2.75, 3.05) is 60.2 Å². The summed E-state index contributed by atoms with van der Waals surface area (Å²) in [5.74, 6) is 0.147. The second-order valence-electron chi connectivity index (χ2n) is 21.1. The van der Waals surface area contributed by atoms with Gasteiger partial charge in [0.1, 0.15) is 67.6 Å². The second-order valence-corrected chi connectivity index (χ2v) is 25.1. The number of nitriles is 2. The number of aromatic nitrogens is 5. The first-order chi connectivity index (χ1) is 52.3. The minimum absolute atomic E-state index is 0.0920. The Morgan fingerprint density at radius 3 is 1.41 bits per heavy atom. The molecular weight excluding hydrogens is 1640 g/mol. The van der Waals surface area contributed by atoms with E-state index in [1.165, 1.54) is 11.7 Å². The maximum Gasteiger partial charge on any atom is 0.423 e. The number of esters is 5. The van der Waals surface area contributed by atoms with Crippen LogP contribution in [0.25, 0.3) is 11.0 Å². The molecule has 0 saturated heterocycles. The molecule has 5 aromatic heterocycles. The highest BCUT2D eigenvalue weighted by molar-refractivity contribution is 9.10. The van der Waals surface area contributed by atoms with Gasteiger partial charge in [0.15, 0.2) is 5.65 Å². The van der Waals surface area contributed by atoms with Crippen molar-refractivity contribution < 1.29 is 80.6 Å². The SMILES string of the molecule is CC/C=C(\C#N)C(=O)OCC.CCC=O.CCOC(=O)CC#N.CCOC(=O)c1cc(C)cnc1Br.CCOC(=O)c1cc(C)cnc1Br.COC(=O)c1cc(C)cnc1NCc1ccc(OC)cc1.COc1ccc(CN)cc1.COc1ccc(Cn2c(=O)oc(=O)c3cc(C)cnc32)cc1.O=C(Cl)OC(Cl)(Cl)Cl. The van der Waals surface area contributed by atoms with Crippen LogP contribution in [0, 0.1) is 50.4 Å². The number of halogens is 6. The number of allylic oxidation sites excluding steroid dienone is 1. The molecule has 0 unspecified atom stereocenters. The van der Waals surface area contributed by atoms with E-state index in [1.54, 1.807) is 128 Å². The van der Waals surface area contributed by atoms with E-state index < -0.39 is 38.7 Å². The number of hydrogen-bond acceptors (Lipinski definition) is 27. The molecule has 3 aromatic carbocycles. The zero-order valence-electron chi connectivity index (χ0n) is 63.0. The van der Waals surface area contributed by atoms with E-state index in [0.29, 0.717) is 95.1 Å². The lowest BCUT2D eigenvalue weighted by atomic mass is 10.2. The first-order valence-corrected chi connectivity index (χ1v) is 36.0. The second kappa shape index (κ2) is 56.9. The third-order valence-corrected chi connectivity index (χ3v) is 14.3. The molecule has 5 heterocycles. The molecule has 0 bridgehead atoms. The third kappa shape index (κ3) is 41.3. The predicted molar refractivity (Wildman–Crippen MR) is 425 cm³/mol. The van der Waals surface area contributed by atoms with E-state index in [2.05, 4.69) is 82.9 Å². The number of nitrogens with one attached hydrogen (secondary N) is 1. The summed E-state index contributed by atoms with van der Waals surface area (Å²) in [4.78, 5) is 115. The summed E-state index contributed by atoms with van der Waals surface area (Å²) < 4.78 is 47.7. The van der Waals surface area contributed by atoms with Crippen LogP contribution >= 0.6 is 78.3 Å². The Kier molecular flexibility index (Phi) is 51.5. The van der Waals surface area contributed by atoms with E-state index in [1.807, 2.05) is 102 Å². The quantitative estimate of drug-likeness (QED) is 0.0105. The van der Waals surface area contributed by atoms with Gasteiger partial charge in [-0.15, -0.1) is 0 Å². The summed E-state index contributed by atoms with van der Waals surface area (Å²) in [5.41, 5.74) is 12.1. The number of anilines is 1. The predicted octanol–water partition coefficient (Wildman–Crippen LogP) is 15.5. The Balaban J connectivity index is 0.00000126. The fraction of sp³-hybridized carbons (Fsp3) is 0.329. The van der Waals surface area contributed by atoms with Crippen LogP contribution in [-0.2, 0) is 62.4 Å². The molecule has 592 valence electrons. The number of aldehydes is 1. The van der Waals surface area contributed by atoms with Crippen LogP contribution in [-0.4, -0.2) is 125 Å². The summed E-state index contributed by atoms with van der Waals surface area (Å²) in [7, 11) is 6.23. The zero-order valence-corrected chi connectivity index (χ0v) is 69.2. The number of hydrogen-bond donors (Lipinski definition) is 2. The highest BCUT2D eigenvalue weighted by atomic mass is 79.9. The molecule has 8 rings (SSSR count). The lowest BCUT2D eigenvalue weighted by molar-refractivity contribution is -0.142. The Bertz CT molecular complexity index is 4350. The number of pyridine rings is 4. The zero-order chi connectivity index (χ0) is 83.3. The number of benzene rings is 3. The van der Waals surface area contributed by atoms with Gasteiger partial charge in [0.25, 0.3) is 0 Å². The van der Waals surface area contributed by atoms with Crippen LogP contribution in [0.5, 0.6) is 17.2 Å². The number of nitrogens with two attached hydrogens (primary N) is 1. The van der Waals surface area contributed by atoms with E-state index >= 15 is 0 Å². The number of methoxy groups -OCH3 is 4. The van der Waals surface area contributed by atoms with Crippen LogP contribution in [0.1, 0.15) is 131 Å². The molecule has 28 nitrogen and oxygen atoms in total.